The first-order valence-corrected chi connectivity index (χ1v) is 8.97. The van der Waals surface area contributed by atoms with Gasteiger partial charge in [-0.2, -0.15) is 13.2 Å². The number of hydrogen-bond acceptors (Lipinski definition) is 4. The zero-order valence-electron chi connectivity index (χ0n) is 15.2. The number of halogens is 3. The summed E-state index contributed by atoms with van der Waals surface area (Å²) in [4.78, 5) is 26.4. The van der Waals surface area contributed by atoms with E-state index in [4.69, 9.17) is 9.47 Å². The third-order valence-electron chi connectivity index (χ3n) is 4.90. The first kappa shape index (κ1) is 19.1. The lowest BCUT2D eigenvalue weighted by Gasteiger charge is -2.24. The SMILES string of the molecule is O=C(Nc1ccc(C(F)(F)F)cc1)C1CCC(=O)N1Cc1ccc2c(c1)OCO2. The molecule has 2 heterocycles. The number of hydrogen-bond donors (Lipinski definition) is 1. The van der Waals surface area contributed by atoms with Crippen molar-refractivity contribution in [1.82, 2.24) is 4.90 Å². The number of benzene rings is 2. The predicted molar refractivity (Wildman–Crippen MR) is 96.2 cm³/mol. The monoisotopic (exact) mass is 406 g/mol. The lowest BCUT2D eigenvalue weighted by atomic mass is 10.1. The summed E-state index contributed by atoms with van der Waals surface area (Å²) in [6.07, 6.45) is -3.87. The molecule has 2 aromatic carbocycles. The van der Waals surface area contributed by atoms with Gasteiger partial charge in [-0.25, -0.2) is 0 Å². The zero-order valence-corrected chi connectivity index (χ0v) is 15.2. The molecule has 9 heteroatoms. The highest BCUT2D eigenvalue weighted by atomic mass is 19.4. The van der Waals surface area contributed by atoms with Crippen LogP contribution in [0.4, 0.5) is 18.9 Å². The minimum absolute atomic E-state index is 0.138. The Labute approximate surface area is 164 Å². The van der Waals surface area contributed by atoms with Crippen molar-refractivity contribution in [1.29, 1.82) is 0 Å². The Bertz CT molecular complexity index is 944. The van der Waals surface area contributed by atoms with Crippen LogP contribution in [0, 0.1) is 0 Å². The Morgan fingerprint density at radius 1 is 1.10 bits per heavy atom. The van der Waals surface area contributed by atoms with Gasteiger partial charge in [-0.05, 0) is 48.4 Å². The van der Waals surface area contributed by atoms with E-state index in [-0.39, 0.29) is 31.4 Å². The Morgan fingerprint density at radius 3 is 2.55 bits per heavy atom. The molecule has 2 amide bonds. The third kappa shape index (κ3) is 3.98. The summed E-state index contributed by atoms with van der Waals surface area (Å²) < 4.78 is 48.6. The van der Waals surface area contributed by atoms with Crippen LogP contribution >= 0.6 is 0 Å². The van der Waals surface area contributed by atoms with E-state index in [1.165, 1.54) is 17.0 Å². The van der Waals surface area contributed by atoms with Crippen LogP contribution in [0.5, 0.6) is 11.5 Å². The highest BCUT2D eigenvalue weighted by Gasteiger charge is 2.36. The van der Waals surface area contributed by atoms with E-state index in [1.54, 1.807) is 18.2 Å². The molecule has 2 aliphatic heterocycles. The minimum atomic E-state index is -4.44. The molecule has 0 radical (unpaired) electrons. The summed E-state index contributed by atoms with van der Waals surface area (Å²) in [6, 6.07) is 8.80. The van der Waals surface area contributed by atoms with Crippen LogP contribution in [0.2, 0.25) is 0 Å². The van der Waals surface area contributed by atoms with Gasteiger partial charge in [0, 0.05) is 18.7 Å². The minimum Gasteiger partial charge on any atom is -0.454 e. The van der Waals surface area contributed by atoms with Crippen LogP contribution in [0.3, 0.4) is 0 Å². The molecule has 0 aliphatic carbocycles. The van der Waals surface area contributed by atoms with Crippen LogP contribution < -0.4 is 14.8 Å². The number of anilines is 1. The highest BCUT2D eigenvalue weighted by molar-refractivity contribution is 5.99. The van der Waals surface area contributed by atoms with Gasteiger partial charge in [0.1, 0.15) is 6.04 Å². The van der Waals surface area contributed by atoms with E-state index in [1.807, 2.05) is 0 Å². The molecule has 1 saturated heterocycles. The van der Waals surface area contributed by atoms with E-state index in [0.717, 1.165) is 17.7 Å². The standard InChI is InChI=1S/C20H17F3N2O4/c21-20(22,23)13-2-4-14(5-3-13)24-19(27)15-6-8-18(26)25(15)10-12-1-7-16-17(9-12)29-11-28-16/h1-5,7,9,15H,6,8,10-11H2,(H,24,27). The second kappa shape index (κ2) is 7.31. The molecule has 0 saturated carbocycles. The molecule has 4 rings (SSSR count). The number of amides is 2. The molecule has 1 N–H and O–H groups in total. The highest BCUT2D eigenvalue weighted by Crippen LogP contribution is 2.34. The maximum Gasteiger partial charge on any atom is 0.416 e. The van der Waals surface area contributed by atoms with Crippen LogP contribution in [0.15, 0.2) is 42.5 Å². The van der Waals surface area contributed by atoms with Crippen molar-refractivity contribution in [3.8, 4) is 11.5 Å². The molecule has 1 unspecified atom stereocenters. The zero-order chi connectivity index (χ0) is 20.6. The van der Waals surface area contributed by atoms with E-state index >= 15 is 0 Å². The molecule has 0 spiro atoms. The lowest BCUT2D eigenvalue weighted by molar-refractivity contribution is -0.137. The largest absolute Gasteiger partial charge is 0.454 e. The number of fused-ring (bicyclic) bond motifs is 1. The first-order chi connectivity index (χ1) is 13.8. The normalized spacial score (nSPS) is 18.2. The number of ether oxygens (including phenoxy) is 2. The lowest BCUT2D eigenvalue weighted by Crippen LogP contribution is -2.41. The van der Waals surface area contributed by atoms with Crippen LogP contribution in [-0.4, -0.2) is 29.5 Å². The average molecular weight is 406 g/mol. The number of carbonyl (C=O) groups excluding carboxylic acids is 2. The smallest absolute Gasteiger partial charge is 0.416 e. The molecule has 0 bridgehead atoms. The first-order valence-electron chi connectivity index (χ1n) is 8.97. The molecule has 0 aromatic heterocycles. The molecule has 29 heavy (non-hydrogen) atoms. The van der Waals surface area contributed by atoms with Crippen molar-refractivity contribution in [2.24, 2.45) is 0 Å². The Kier molecular flexibility index (Phi) is 4.81. The molecule has 2 aromatic rings. The fourth-order valence-corrected chi connectivity index (χ4v) is 3.41. The molecule has 152 valence electrons. The molecular weight excluding hydrogens is 389 g/mol. The fourth-order valence-electron chi connectivity index (χ4n) is 3.41. The maximum absolute atomic E-state index is 12.7. The van der Waals surface area contributed by atoms with E-state index in [0.29, 0.717) is 17.9 Å². The van der Waals surface area contributed by atoms with Crippen LogP contribution in [0.25, 0.3) is 0 Å². The Hall–Kier alpha value is -3.23. The number of likely N-dealkylation sites (tertiary alicyclic amines) is 1. The van der Waals surface area contributed by atoms with Crippen molar-refractivity contribution >= 4 is 17.5 Å². The van der Waals surface area contributed by atoms with Crippen molar-refractivity contribution in [2.75, 3.05) is 12.1 Å². The summed E-state index contributed by atoms with van der Waals surface area (Å²) in [5.41, 5.74) is 0.234. The Morgan fingerprint density at radius 2 is 1.83 bits per heavy atom. The summed E-state index contributed by atoms with van der Waals surface area (Å²) in [5, 5.41) is 2.60. The van der Waals surface area contributed by atoms with E-state index < -0.39 is 23.7 Å². The topological polar surface area (TPSA) is 67.9 Å². The van der Waals surface area contributed by atoms with Gasteiger partial charge < -0.3 is 19.7 Å². The maximum atomic E-state index is 12.7. The summed E-state index contributed by atoms with van der Waals surface area (Å²) in [7, 11) is 0. The van der Waals surface area contributed by atoms with Gasteiger partial charge in [0.25, 0.3) is 0 Å². The van der Waals surface area contributed by atoms with Gasteiger partial charge in [-0.15, -0.1) is 0 Å². The number of alkyl halides is 3. The second-order valence-electron chi connectivity index (χ2n) is 6.83. The van der Waals surface area contributed by atoms with Gasteiger partial charge in [0.2, 0.25) is 18.6 Å². The van der Waals surface area contributed by atoms with E-state index in [2.05, 4.69) is 5.32 Å². The molecule has 1 atom stereocenters. The fraction of sp³-hybridized carbons (Fsp3) is 0.300. The Balaban J connectivity index is 1.45. The molecule has 6 nitrogen and oxygen atoms in total. The van der Waals surface area contributed by atoms with Gasteiger partial charge in [0.15, 0.2) is 11.5 Å². The van der Waals surface area contributed by atoms with Crippen molar-refractivity contribution in [3.05, 3.63) is 53.6 Å². The number of rotatable bonds is 4. The van der Waals surface area contributed by atoms with E-state index in [9.17, 15) is 22.8 Å². The van der Waals surface area contributed by atoms with Crippen molar-refractivity contribution in [2.45, 2.75) is 31.6 Å². The summed E-state index contributed by atoms with van der Waals surface area (Å²) >= 11 is 0. The van der Waals surface area contributed by atoms with Crippen molar-refractivity contribution in [3.63, 3.8) is 0 Å². The van der Waals surface area contributed by atoms with Crippen molar-refractivity contribution < 1.29 is 32.2 Å². The summed E-state index contributed by atoms with van der Waals surface area (Å²) in [6.45, 7) is 0.361. The molecule has 1 fully saturated rings. The van der Waals surface area contributed by atoms with Gasteiger partial charge in [0.05, 0.1) is 5.56 Å². The molecular formula is C20H17F3N2O4. The molecule has 2 aliphatic rings. The second-order valence-corrected chi connectivity index (χ2v) is 6.83. The predicted octanol–water partition coefficient (Wildman–Crippen LogP) is 3.56. The van der Waals surface area contributed by atoms with Crippen LogP contribution in [-0.2, 0) is 22.3 Å². The van der Waals surface area contributed by atoms with Gasteiger partial charge in [-0.1, -0.05) is 6.07 Å². The average Bonchev–Trinajstić information content (AvgIpc) is 3.28. The number of carbonyl (C=O) groups is 2. The number of nitrogens with one attached hydrogen (secondary N) is 1. The van der Waals surface area contributed by atoms with Crippen LogP contribution in [0.1, 0.15) is 24.0 Å². The van der Waals surface area contributed by atoms with Gasteiger partial charge >= 0.3 is 6.18 Å². The quantitative estimate of drug-likeness (QED) is 0.843. The third-order valence-corrected chi connectivity index (χ3v) is 4.90. The summed E-state index contributed by atoms with van der Waals surface area (Å²) in [5.74, 6) is 0.615. The van der Waals surface area contributed by atoms with Gasteiger partial charge in [-0.3, -0.25) is 9.59 Å². The number of nitrogens with zero attached hydrogens (tertiary/aromatic N) is 1.